The Kier molecular flexibility index (Phi) is 11.3. The number of esters is 1. The molecule has 0 aromatic carbocycles. The number of hydrogen-bond acceptors (Lipinski definition) is 6. The second-order valence-corrected chi connectivity index (χ2v) is 15.9. The van der Waals surface area contributed by atoms with Crippen molar-refractivity contribution in [2.45, 2.75) is 211 Å². The number of quaternary nitrogens is 1. The molecule has 8 nitrogen and oxygen atoms in total. The van der Waals surface area contributed by atoms with Crippen LogP contribution in [0.5, 0.6) is 0 Å². The lowest BCUT2D eigenvalue weighted by molar-refractivity contribution is -0.714. The van der Waals surface area contributed by atoms with Crippen molar-refractivity contribution in [3.63, 3.8) is 0 Å². The molecule has 0 aromatic heterocycles. The molecular formula is C37H66N6O2+2. The minimum Gasteiger partial charge on any atom is -0.462 e. The number of rotatable bonds is 16. The maximum absolute atomic E-state index is 13.6. The standard InChI is InChI=1S/C37H64N6O2/c1-5-6-7-8-9-10-13-16-29-24-32-20-21-33-34(27(4)39-37(41-29)43(32)33)35(44)45-26(3)15-12-11-14-17-28-23-31-19-18-30-22-25(2)38-36(40-28)42(30)31/h25-34H,5-24H2,1-4H3,(H2,38,39,40,41)/p+2/t25-,26-,27+,28+,29+,30+,31-,32-,33-,34-/m0/s1. The Balaban J connectivity index is 0.898. The van der Waals surface area contributed by atoms with Crippen LogP contribution in [0.15, 0.2) is 4.99 Å². The highest BCUT2D eigenvalue weighted by molar-refractivity contribution is 5.86. The third-order valence-electron chi connectivity index (χ3n) is 12.2. The van der Waals surface area contributed by atoms with E-state index in [4.69, 9.17) is 9.73 Å². The van der Waals surface area contributed by atoms with Gasteiger partial charge in [-0.3, -0.25) is 4.79 Å². The summed E-state index contributed by atoms with van der Waals surface area (Å²) in [6, 6.07) is 4.11. The number of guanidine groups is 2. The predicted octanol–water partition coefficient (Wildman–Crippen LogP) is 5.20. The molecule has 0 radical (unpaired) electrons. The van der Waals surface area contributed by atoms with Gasteiger partial charge in [0, 0.05) is 31.0 Å². The Morgan fingerprint density at radius 1 is 0.911 bits per heavy atom. The fourth-order valence-corrected chi connectivity index (χ4v) is 9.98. The number of nitrogens with zero attached hydrogens (tertiary/aromatic N) is 3. The minimum absolute atomic E-state index is 0.0190. The van der Waals surface area contributed by atoms with Gasteiger partial charge in [-0.15, -0.1) is 0 Å². The molecule has 0 aromatic rings. The molecular weight excluding hydrogens is 560 g/mol. The van der Waals surface area contributed by atoms with Crippen LogP contribution in [0.4, 0.5) is 0 Å². The maximum Gasteiger partial charge on any atom is 0.441 e. The lowest BCUT2D eigenvalue weighted by Crippen LogP contribution is -3.00. The molecule has 10 atom stereocenters. The molecule has 6 heterocycles. The summed E-state index contributed by atoms with van der Waals surface area (Å²) in [5, 5.41) is 10.2. The van der Waals surface area contributed by atoms with Gasteiger partial charge in [-0.2, -0.15) is 0 Å². The van der Waals surface area contributed by atoms with E-state index >= 15 is 0 Å². The second-order valence-electron chi connectivity index (χ2n) is 15.9. The molecule has 0 spiro atoms. The Morgan fingerprint density at radius 2 is 1.60 bits per heavy atom. The van der Waals surface area contributed by atoms with Crippen LogP contribution in [0.25, 0.3) is 0 Å². The molecule has 6 rings (SSSR count). The molecule has 0 unspecified atom stereocenters. The van der Waals surface area contributed by atoms with E-state index in [1.54, 1.807) is 0 Å². The SMILES string of the molecule is CCCCCCCCC[C@@H]1C[C@@H]2CC[C@H]3[C@@H](C(=O)O[C@@H](C)CCCCC[C@@H]4C[C@@H]5CC[C@@H]6C[C@H](C)[NH2+]C(=[N+]65)N4)[C@@H](C)N=C(N1)N23. The first-order valence-corrected chi connectivity index (χ1v) is 19.5. The van der Waals surface area contributed by atoms with E-state index in [9.17, 15) is 4.79 Å². The highest BCUT2D eigenvalue weighted by Crippen LogP contribution is 2.40. The topological polar surface area (TPSA) is 85.6 Å². The number of carbonyl (C=O) groups excluding carboxylic acids is 1. The highest BCUT2D eigenvalue weighted by Gasteiger charge is 2.51. The average Bonchev–Trinajstić information content (AvgIpc) is 3.61. The third kappa shape index (κ3) is 7.84. The number of unbranched alkanes of at least 4 members (excludes halogenated alkanes) is 8. The molecule has 0 aliphatic carbocycles. The first kappa shape index (κ1) is 33.1. The molecule has 4 N–H and O–H groups in total. The fraction of sp³-hybridized carbons (Fsp3) is 0.919. The zero-order valence-corrected chi connectivity index (χ0v) is 29.2. The molecule has 6 aliphatic rings. The van der Waals surface area contributed by atoms with E-state index < -0.39 is 0 Å². The van der Waals surface area contributed by atoms with Crippen LogP contribution in [0.1, 0.15) is 156 Å². The summed E-state index contributed by atoms with van der Waals surface area (Å²) in [5.74, 6) is 2.33. The maximum atomic E-state index is 13.6. The van der Waals surface area contributed by atoms with Crippen molar-refractivity contribution >= 4 is 17.9 Å². The molecule has 8 heteroatoms. The number of nitrogens with two attached hydrogens (primary N) is 1. The van der Waals surface area contributed by atoms with Gasteiger partial charge in [0.15, 0.2) is 5.96 Å². The van der Waals surface area contributed by atoms with Crippen molar-refractivity contribution in [3.05, 3.63) is 0 Å². The van der Waals surface area contributed by atoms with Crippen LogP contribution in [0, 0.1) is 5.92 Å². The summed E-state index contributed by atoms with van der Waals surface area (Å²) in [6.45, 7) is 8.88. The van der Waals surface area contributed by atoms with E-state index in [1.165, 1.54) is 115 Å². The van der Waals surface area contributed by atoms with Gasteiger partial charge in [0.2, 0.25) is 0 Å². The van der Waals surface area contributed by atoms with Crippen molar-refractivity contribution in [3.8, 4) is 0 Å². The van der Waals surface area contributed by atoms with Crippen LogP contribution in [-0.2, 0) is 9.53 Å². The van der Waals surface area contributed by atoms with Gasteiger partial charge in [-0.1, -0.05) is 58.3 Å². The van der Waals surface area contributed by atoms with Crippen molar-refractivity contribution in [2.75, 3.05) is 0 Å². The molecule has 254 valence electrons. The molecule has 0 bridgehead atoms. The molecule has 45 heavy (non-hydrogen) atoms. The summed E-state index contributed by atoms with van der Waals surface area (Å²) in [7, 11) is 0. The van der Waals surface area contributed by atoms with E-state index in [1.807, 2.05) is 0 Å². The van der Waals surface area contributed by atoms with Crippen molar-refractivity contribution in [1.82, 2.24) is 15.5 Å². The van der Waals surface area contributed by atoms with Crippen molar-refractivity contribution in [1.29, 1.82) is 0 Å². The molecule has 0 amide bonds. The molecule has 3 fully saturated rings. The predicted molar refractivity (Wildman–Crippen MR) is 181 cm³/mol. The second kappa shape index (κ2) is 15.4. The number of hydrogen-bond donors (Lipinski definition) is 3. The van der Waals surface area contributed by atoms with Gasteiger partial charge in [-0.05, 0) is 85.0 Å². The number of ether oxygens (including phenoxy) is 1. The molecule has 6 aliphatic heterocycles. The lowest BCUT2D eigenvalue weighted by Gasteiger charge is -2.47. The number of nitrogens with one attached hydrogen (secondary N) is 2. The zero-order valence-electron chi connectivity index (χ0n) is 29.2. The number of carbonyl (C=O) groups is 1. The summed E-state index contributed by atoms with van der Waals surface area (Å²) in [6.07, 6.45) is 25.4. The summed E-state index contributed by atoms with van der Waals surface area (Å²) in [5.41, 5.74) is 0. The van der Waals surface area contributed by atoms with Gasteiger partial charge in [0.25, 0.3) is 0 Å². The molecule has 0 saturated carbocycles. The smallest absolute Gasteiger partial charge is 0.441 e. The Hall–Kier alpha value is -1.83. The summed E-state index contributed by atoms with van der Waals surface area (Å²) >= 11 is 0. The van der Waals surface area contributed by atoms with Crippen molar-refractivity contribution < 1.29 is 19.4 Å². The van der Waals surface area contributed by atoms with Crippen LogP contribution in [0.3, 0.4) is 0 Å². The van der Waals surface area contributed by atoms with Gasteiger partial charge in [0.05, 0.1) is 24.1 Å². The summed E-state index contributed by atoms with van der Waals surface area (Å²) in [4.78, 5) is 21.1. The minimum atomic E-state index is -0.147. The lowest BCUT2D eigenvalue weighted by atomic mass is 9.89. The van der Waals surface area contributed by atoms with Gasteiger partial charge in [0.1, 0.15) is 18.1 Å². The van der Waals surface area contributed by atoms with Gasteiger partial charge >= 0.3 is 11.9 Å². The van der Waals surface area contributed by atoms with E-state index in [-0.39, 0.29) is 30.1 Å². The van der Waals surface area contributed by atoms with Gasteiger partial charge in [-0.25, -0.2) is 20.2 Å². The first-order chi connectivity index (χ1) is 21.9. The van der Waals surface area contributed by atoms with Crippen molar-refractivity contribution in [2.24, 2.45) is 10.9 Å². The van der Waals surface area contributed by atoms with Crippen LogP contribution in [0.2, 0.25) is 0 Å². The number of aliphatic imine (C=N–C) groups is 1. The third-order valence-corrected chi connectivity index (χ3v) is 12.2. The Morgan fingerprint density at radius 3 is 2.38 bits per heavy atom. The van der Waals surface area contributed by atoms with E-state index in [0.717, 1.165) is 37.3 Å². The Bertz CT molecular complexity index is 1060. The van der Waals surface area contributed by atoms with Crippen LogP contribution in [-0.4, -0.2) is 81.8 Å². The van der Waals surface area contributed by atoms with Crippen LogP contribution >= 0.6 is 0 Å². The average molecular weight is 627 g/mol. The largest absolute Gasteiger partial charge is 0.462 e. The molecule has 3 saturated heterocycles. The fourth-order valence-electron chi connectivity index (χ4n) is 9.98. The van der Waals surface area contributed by atoms with E-state index in [2.05, 4.69) is 53.1 Å². The van der Waals surface area contributed by atoms with Crippen LogP contribution < -0.4 is 16.0 Å². The van der Waals surface area contributed by atoms with E-state index in [0.29, 0.717) is 24.2 Å². The quantitative estimate of drug-likeness (QED) is 0.125. The highest BCUT2D eigenvalue weighted by atomic mass is 16.5. The first-order valence-electron chi connectivity index (χ1n) is 19.5. The zero-order chi connectivity index (χ0) is 31.3. The monoisotopic (exact) mass is 627 g/mol. The normalized spacial score (nSPS) is 35.7. The summed E-state index contributed by atoms with van der Waals surface area (Å²) < 4.78 is 8.85. The Labute approximate surface area is 274 Å². The van der Waals surface area contributed by atoms with Gasteiger partial charge < -0.3 is 15.0 Å².